The lowest BCUT2D eigenvalue weighted by Gasteiger charge is -2.32. The summed E-state index contributed by atoms with van der Waals surface area (Å²) in [6.07, 6.45) is 4.97. The Kier molecular flexibility index (Phi) is 6.84. The number of aromatic nitrogens is 2. The molecule has 1 amide bonds. The van der Waals surface area contributed by atoms with Gasteiger partial charge in [0, 0.05) is 50.7 Å². The number of piperazine rings is 1. The fraction of sp³-hybridized carbons (Fsp3) is 0.417. The van der Waals surface area contributed by atoms with Crippen molar-refractivity contribution >= 4 is 11.6 Å². The van der Waals surface area contributed by atoms with E-state index in [1.165, 1.54) is 5.56 Å². The predicted octanol–water partition coefficient (Wildman–Crippen LogP) is 2.59. The Hall–Kier alpha value is -2.90. The van der Waals surface area contributed by atoms with E-state index in [9.17, 15) is 4.79 Å². The van der Waals surface area contributed by atoms with Crippen LogP contribution in [0.1, 0.15) is 28.0 Å². The van der Waals surface area contributed by atoms with Crippen LogP contribution in [0.4, 0.5) is 0 Å². The third-order valence-electron chi connectivity index (χ3n) is 5.66. The number of hydrogen-bond acceptors (Lipinski definition) is 5. The van der Waals surface area contributed by atoms with Gasteiger partial charge in [-0.05, 0) is 56.8 Å². The normalized spacial score (nSPS) is 15.3. The van der Waals surface area contributed by atoms with E-state index in [1.807, 2.05) is 47.1 Å². The van der Waals surface area contributed by atoms with Gasteiger partial charge in [0.2, 0.25) is 0 Å². The van der Waals surface area contributed by atoms with E-state index in [4.69, 9.17) is 4.74 Å². The van der Waals surface area contributed by atoms with E-state index in [0.29, 0.717) is 24.5 Å². The first-order valence-corrected chi connectivity index (χ1v) is 10.9. The zero-order chi connectivity index (χ0) is 21.6. The summed E-state index contributed by atoms with van der Waals surface area (Å²) in [5.41, 5.74) is 3.54. The van der Waals surface area contributed by atoms with Gasteiger partial charge in [-0.2, -0.15) is 0 Å². The van der Waals surface area contributed by atoms with Crippen LogP contribution in [0.25, 0.3) is 5.65 Å². The summed E-state index contributed by atoms with van der Waals surface area (Å²) >= 11 is 0. The predicted molar refractivity (Wildman–Crippen MR) is 122 cm³/mol. The van der Waals surface area contributed by atoms with Gasteiger partial charge in [0.25, 0.3) is 5.91 Å². The average Bonchev–Trinajstić information content (AvgIpc) is 3.18. The molecule has 0 spiro atoms. The number of fused-ring (bicyclic) bond motifs is 1. The van der Waals surface area contributed by atoms with Crippen LogP contribution in [0, 0.1) is 6.92 Å². The van der Waals surface area contributed by atoms with Gasteiger partial charge in [-0.1, -0.05) is 12.1 Å². The number of pyridine rings is 1. The summed E-state index contributed by atoms with van der Waals surface area (Å²) < 4.78 is 7.89. The van der Waals surface area contributed by atoms with Crippen LogP contribution in [-0.2, 0) is 6.61 Å². The molecule has 1 N–H and O–H groups in total. The average molecular weight is 422 g/mol. The van der Waals surface area contributed by atoms with Crippen molar-refractivity contribution in [3.63, 3.8) is 0 Å². The molecule has 0 saturated carbocycles. The Balaban J connectivity index is 1.24. The van der Waals surface area contributed by atoms with Crippen molar-refractivity contribution in [3.8, 4) is 5.75 Å². The number of benzene rings is 1. The number of rotatable bonds is 8. The highest BCUT2D eigenvalue weighted by Gasteiger charge is 2.13. The summed E-state index contributed by atoms with van der Waals surface area (Å²) in [7, 11) is 2.16. The number of carbonyl (C=O) groups excluding carboxylic acids is 1. The molecule has 3 aromatic rings. The fourth-order valence-electron chi connectivity index (χ4n) is 3.79. The number of hydrogen-bond donors (Lipinski definition) is 1. The van der Waals surface area contributed by atoms with Gasteiger partial charge in [-0.15, -0.1) is 0 Å². The molecule has 164 valence electrons. The van der Waals surface area contributed by atoms with Crippen molar-refractivity contribution < 1.29 is 9.53 Å². The summed E-state index contributed by atoms with van der Waals surface area (Å²) in [5, 5.41) is 3.02. The van der Waals surface area contributed by atoms with Crippen LogP contribution in [0.3, 0.4) is 0 Å². The maximum Gasteiger partial charge on any atom is 0.251 e. The van der Waals surface area contributed by atoms with Gasteiger partial charge < -0.3 is 24.3 Å². The van der Waals surface area contributed by atoms with Crippen molar-refractivity contribution in [3.05, 3.63) is 65.6 Å². The highest BCUT2D eigenvalue weighted by atomic mass is 16.5. The van der Waals surface area contributed by atoms with Crippen LogP contribution in [0.15, 0.2) is 48.8 Å². The van der Waals surface area contributed by atoms with Crippen LogP contribution in [0.5, 0.6) is 5.75 Å². The molecule has 4 rings (SSSR count). The Labute approximate surface area is 183 Å². The summed E-state index contributed by atoms with van der Waals surface area (Å²) in [4.78, 5) is 21.9. The Morgan fingerprint density at radius 1 is 1.13 bits per heavy atom. The van der Waals surface area contributed by atoms with Crippen LogP contribution < -0.4 is 10.1 Å². The maximum absolute atomic E-state index is 12.5. The second-order valence-corrected chi connectivity index (χ2v) is 8.28. The molecule has 1 aliphatic heterocycles. The SMILES string of the molecule is Cc1ccc2nc(COc3cccc(C(=O)NCCCN4CCN(C)CC4)c3)cn2c1. The van der Waals surface area contributed by atoms with Gasteiger partial charge >= 0.3 is 0 Å². The van der Waals surface area contributed by atoms with E-state index in [2.05, 4.69) is 34.1 Å². The first-order valence-electron chi connectivity index (χ1n) is 10.9. The van der Waals surface area contributed by atoms with Crippen molar-refractivity contribution in [1.82, 2.24) is 24.5 Å². The quantitative estimate of drug-likeness (QED) is 0.567. The number of carbonyl (C=O) groups is 1. The van der Waals surface area contributed by atoms with E-state index >= 15 is 0 Å². The molecule has 0 aliphatic carbocycles. The highest BCUT2D eigenvalue weighted by molar-refractivity contribution is 5.94. The minimum absolute atomic E-state index is 0.0629. The minimum atomic E-state index is -0.0629. The van der Waals surface area contributed by atoms with E-state index in [-0.39, 0.29) is 5.91 Å². The van der Waals surface area contributed by atoms with Crippen LogP contribution in [-0.4, -0.2) is 71.4 Å². The molecule has 1 aromatic carbocycles. The molecule has 3 heterocycles. The van der Waals surface area contributed by atoms with Gasteiger partial charge in [0.1, 0.15) is 18.0 Å². The molecule has 0 unspecified atom stereocenters. The van der Waals surface area contributed by atoms with Crippen molar-refractivity contribution in [2.75, 3.05) is 46.3 Å². The summed E-state index contributed by atoms with van der Waals surface area (Å²) in [6, 6.07) is 11.4. The Morgan fingerprint density at radius 2 is 1.97 bits per heavy atom. The smallest absolute Gasteiger partial charge is 0.251 e. The third-order valence-corrected chi connectivity index (χ3v) is 5.66. The van der Waals surface area contributed by atoms with Gasteiger partial charge in [-0.3, -0.25) is 4.79 Å². The zero-order valence-electron chi connectivity index (χ0n) is 18.4. The minimum Gasteiger partial charge on any atom is -0.487 e. The number of aryl methyl sites for hydroxylation is 1. The number of imidazole rings is 1. The standard InChI is InChI=1S/C24H31N5O2/c1-19-7-8-23-26-21(17-29(23)16-19)18-31-22-6-3-5-20(15-22)24(30)25-9-4-10-28-13-11-27(2)12-14-28/h3,5-8,15-17H,4,9-14,18H2,1-2H3,(H,25,30). The molecule has 2 aromatic heterocycles. The molecule has 0 atom stereocenters. The van der Waals surface area contributed by atoms with Gasteiger partial charge in [-0.25, -0.2) is 4.98 Å². The molecule has 7 heteroatoms. The lowest BCUT2D eigenvalue weighted by molar-refractivity contribution is 0.0949. The highest BCUT2D eigenvalue weighted by Crippen LogP contribution is 2.16. The molecule has 1 aliphatic rings. The number of nitrogens with one attached hydrogen (secondary N) is 1. The second-order valence-electron chi connectivity index (χ2n) is 8.28. The van der Waals surface area contributed by atoms with E-state index in [0.717, 1.165) is 50.5 Å². The summed E-state index contributed by atoms with van der Waals surface area (Å²) in [6.45, 7) is 8.56. The zero-order valence-corrected chi connectivity index (χ0v) is 18.4. The number of likely N-dealkylation sites (N-methyl/N-ethyl adjacent to an activating group) is 1. The fourth-order valence-corrected chi connectivity index (χ4v) is 3.79. The second kappa shape index (κ2) is 9.94. The van der Waals surface area contributed by atoms with Crippen molar-refractivity contribution in [2.45, 2.75) is 20.0 Å². The Morgan fingerprint density at radius 3 is 2.81 bits per heavy atom. The van der Waals surface area contributed by atoms with Crippen LogP contribution >= 0.6 is 0 Å². The molecule has 7 nitrogen and oxygen atoms in total. The molecule has 0 bridgehead atoms. The van der Waals surface area contributed by atoms with Crippen LogP contribution in [0.2, 0.25) is 0 Å². The molecular weight excluding hydrogens is 390 g/mol. The maximum atomic E-state index is 12.5. The first-order chi connectivity index (χ1) is 15.1. The topological polar surface area (TPSA) is 62.1 Å². The largest absolute Gasteiger partial charge is 0.487 e. The Bertz CT molecular complexity index is 1020. The first kappa shape index (κ1) is 21.3. The molecule has 1 fully saturated rings. The number of ether oxygens (including phenoxy) is 1. The van der Waals surface area contributed by atoms with E-state index in [1.54, 1.807) is 6.07 Å². The van der Waals surface area contributed by atoms with Gasteiger partial charge in [0.15, 0.2) is 0 Å². The number of nitrogens with zero attached hydrogens (tertiary/aromatic N) is 4. The molecule has 1 saturated heterocycles. The van der Waals surface area contributed by atoms with Crippen molar-refractivity contribution in [2.24, 2.45) is 0 Å². The van der Waals surface area contributed by atoms with E-state index < -0.39 is 0 Å². The van der Waals surface area contributed by atoms with Crippen molar-refractivity contribution in [1.29, 1.82) is 0 Å². The molecule has 31 heavy (non-hydrogen) atoms. The number of amides is 1. The molecule has 0 radical (unpaired) electrons. The lowest BCUT2D eigenvalue weighted by atomic mass is 10.2. The molecular formula is C24H31N5O2. The van der Waals surface area contributed by atoms with Gasteiger partial charge in [0.05, 0.1) is 5.69 Å². The summed E-state index contributed by atoms with van der Waals surface area (Å²) in [5.74, 6) is 0.602. The third kappa shape index (κ3) is 5.83. The monoisotopic (exact) mass is 421 g/mol. The lowest BCUT2D eigenvalue weighted by Crippen LogP contribution is -2.45.